The fraction of sp³-hybridized carbons (Fsp3) is 0.125. The van der Waals surface area contributed by atoms with Crippen LogP contribution in [0.15, 0.2) is 48.7 Å². The van der Waals surface area contributed by atoms with Gasteiger partial charge in [-0.3, -0.25) is 15.2 Å². The maximum atomic E-state index is 14.7. The molecule has 0 unspecified atom stereocenters. The molecule has 0 saturated carbocycles. The molecule has 0 atom stereocenters. The van der Waals surface area contributed by atoms with E-state index in [1.165, 1.54) is 18.3 Å². The van der Waals surface area contributed by atoms with Crippen LogP contribution in [0.3, 0.4) is 0 Å². The number of esters is 1. The molecule has 1 aromatic heterocycles. The van der Waals surface area contributed by atoms with Crippen molar-refractivity contribution in [3.05, 3.63) is 93.0 Å². The van der Waals surface area contributed by atoms with Gasteiger partial charge in [0.1, 0.15) is 17.8 Å². The van der Waals surface area contributed by atoms with Gasteiger partial charge in [-0.2, -0.15) is 13.2 Å². The molecule has 0 bridgehead atoms. The van der Waals surface area contributed by atoms with Crippen LogP contribution in [-0.4, -0.2) is 36.0 Å². The summed E-state index contributed by atoms with van der Waals surface area (Å²) >= 11 is 5.90. The number of carbonyl (C=O) groups excluding carboxylic acids is 3. The Kier molecular flexibility index (Phi) is 7.83. The number of benzene rings is 2. The first-order valence-electron chi connectivity index (χ1n) is 10.0. The van der Waals surface area contributed by atoms with Crippen molar-refractivity contribution in [2.75, 3.05) is 12.4 Å². The molecule has 0 spiro atoms. The van der Waals surface area contributed by atoms with Gasteiger partial charge in [0.05, 0.1) is 40.2 Å². The van der Waals surface area contributed by atoms with Crippen molar-refractivity contribution in [2.24, 2.45) is 0 Å². The summed E-state index contributed by atoms with van der Waals surface area (Å²) in [5.41, 5.74) is -3.42. The summed E-state index contributed by atoms with van der Waals surface area (Å²) in [6.07, 6.45) is -3.30. The standard InChI is InChI=1S/C24H16ClF4N3O4/c1-36-23(35)13-5-6-14(17(26)10-13)20(30)21-18(9-12(7-8-33)11-31-21)32-22(34)19-15(24(27,28)29)3-2-4-16(19)25/h2-6,8-11,30H,7H2,1H3,(H,32,34). The smallest absolute Gasteiger partial charge is 0.417 e. The Morgan fingerprint density at radius 3 is 2.53 bits per heavy atom. The number of aldehydes is 1. The normalized spacial score (nSPS) is 11.1. The van der Waals surface area contributed by atoms with Gasteiger partial charge in [0.2, 0.25) is 0 Å². The van der Waals surface area contributed by atoms with E-state index in [1.807, 2.05) is 0 Å². The summed E-state index contributed by atoms with van der Waals surface area (Å²) in [5, 5.41) is 10.2. The summed E-state index contributed by atoms with van der Waals surface area (Å²) in [6, 6.07) is 7.22. The third-order valence-corrected chi connectivity index (χ3v) is 5.27. The molecule has 2 N–H and O–H groups in total. The van der Waals surface area contributed by atoms with Gasteiger partial charge in [-0.05, 0) is 42.0 Å². The number of alkyl halides is 3. The summed E-state index contributed by atoms with van der Waals surface area (Å²) in [6.45, 7) is 0. The number of ether oxygens (including phenoxy) is 1. The lowest BCUT2D eigenvalue weighted by Gasteiger charge is -2.16. The number of carbonyl (C=O) groups is 3. The van der Waals surface area contributed by atoms with Gasteiger partial charge < -0.3 is 14.8 Å². The number of nitrogens with zero attached hydrogens (tertiary/aromatic N) is 1. The Morgan fingerprint density at radius 2 is 1.92 bits per heavy atom. The molecule has 3 rings (SSSR count). The van der Waals surface area contributed by atoms with Crippen molar-refractivity contribution in [1.29, 1.82) is 5.41 Å². The largest absolute Gasteiger partial charge is 0.465 e. The van der Waals surface area contributed by atoms with Crippen molar-refractivity contribution in [2.45, 2.75) is 12.6 Å². The number of hydrogen-bond donors (Lipinski definition) is 2. The molecule has 0 fully saturated rings. The molecular formula is C24H16ClF4N3O4. The Hall–Kier alpha value is -4.12. The summed E-state index contributed by atoms with van der Waals surface area (Å²) in [4.78, 5) is 39.5. The first-order valence-corrected chi connectivity index (χ1v) is 10.4. The van der Waals surface area contributed by atoms with Gasteiger partial charge in [-0.15, -0.1) is 0 Å². The van der Waals surface area contributed by atoms with Gasteiger partial charge in [0.15, 0.2) is 0 Å². The van der Waals surface area contributed by atoms with Gasteiger partial charge >= 0.3 is 12.1 Å². The Morgan fingerprint density at radius 1 is 1.19 bits per heavy atom. The number of hydrogen-bond acceptors (Lipinski definition) is 6. The lowest BCUT2D eigenvalue weighted by Crippen LogP contribution is -2.21. The Balaban J connectivity index is 2.08. The van der Waals surface area contributed by atoms with Crippen LogP contribution >= 0.6 is 11.6 Å². The third-order valence-electron chi connectivity index (χ3n) is 4.95. The van der Waals surface area contributed by atoms with Gasteiger partial charge in [-0.1, -0.05) is 17.7 Å². The third kappa shape index (κ3) is 5.57. The van der Waals surface area contributed by atoms with Crippen LogP contribution in [0, 0.1) is 11.2 Å². The van der Waals surface area contributed by atoms with E-state index in [1.54, 1.807) is 0 Å². The van der Waals surface area contributed by atoms with E-state index in [0.29, 0.717) is 12.4 Å². The number of methoxy groups -OCH3 is 1. The molecule has 3 aromatic rings. The average molecular weight is 522 g/mol. The molecule has 0 saturated heterocycles. The van der Waals surface area contributed by atoms with E-state index in [9.17, 15) is 31.9 Å². The number of pyridine rings is 1. The van der Waals surface area contributed by atoms with E-state index in [-0.39, 0.29) is 34.5 Å². The van der Waals surface area contributed by atoms with Crippen LogP contribution in [0.25, 0.3) is 0 Å². The minimum Gasteiger partial charge on any atom is -0.465 e. The highest BCUT2D eigenvalue weighted by Crippen LogP contribution is 2.35. The minimum atomic E-state index is -4.89. The molecule has 1 heterocycles. The topological polar surface area (TPSA) is 109 Å². The van der Waals surface area contributed by atoms with Crippen molar-refractivity contribution in [3.8, 4) is 0 Å². The Bertz CT molecular complexity index is 1380. The molecule has 36 heavy (non-hydrogen) atoms. The fourth-order valence-electron chi connectivity index (χ4n) is 3.28. The van der Waals surface area contributed by atoms with E-state index >= 15 is 0 Å². The van der Waals surface area contributed by atoms with Crippen LogP contribution in [0.4, 0.5) is 23.2 Å². The van der Waals surface area contributed by atoms with E-state index in [0.717, 1.165) is 31.4 Å². The predicted molar refractivity (Wildman–Crippen MR) is 122 cm³/mol. The summed E-state index contributed by atoms with van der Waals surface area (Å²) < 4.78 is 59.7. The van der Waals surface area contributed by atoms with Crippen molar-refractivity contribution in [1.82, 2.24) is 4.98 Å². The SMILES string of the molecule is COC(=O)c1ccc(C(=N)c2ncc(CC=O)cc2NC(=O)c2c(Cl)cccc2C(F)(F)F)c(F)c1. The number of anilines is 1. The lowest BCUT2D eigenvalue weighted by atomic mass is 10.0. The Labute approximate surface area is 206 Å². The quantitative estimate of drug-likeness (QED) is 0.195. The number of amides is 1. The van der Waals surface area contributed by atoms with E-state index in [2.05, 4.69) is 15.0 Å². The van der Waals surface area contributed by atoms with Crippen LogP contribution < -0.4 is 5.32 Å². The monoisotopic (exact) mass is 521 g/mol. The number of halogens is 5. The molecule has 1 amide bonds. The molecule has 0 aliphatic carbocycles. The maximum absolute atomic E-state index is 14.7. The van der Waals surface area contributed by atoms with E-state index < -0.39 is 45.7 Å². The molecule has 2 aromatic carbocycles. The summed E-state index contributed by atoms with van der Waals surface area (Å²) in [5.74, 6) is -3.05. The highest BCUT2D eigenvalue weighted by Gasteiger charge is 2.36. The van der Waals surface area contributed by atoms with Crippen molar-refractivity contribution >= 4 is 41.2 Å². The van der Waals surface area contributed by atoms with Crippen LogP contribution in [0.1, 0.15) is 43.1 Å². The molecule has 0 aliphatic heterocycles. The van der Waals surface area contributed by atoms with Crippen molar-refractivity contribution in [3.63, 3.8) is 0 Å². The first kappa shape index (κ1) is 26.5. The molecule has 12 heteroatoms. The van der Waals surface area contributed by atoms with Gasteiger partial charge in [0.25, 0.3) is 5.91 Å². The second-order valence-corrected chi connectivity index (χ2v) is 7.69. The molecular weight excluding hydrogens is 506 g/mol. The summed E-state index contributed by atoms with van der Waals surface area (Å²) in [7, 11) is 1.11. The lowest BCUT2D eigenvalue weighted by molar-refractivity contribution is -0.137. The van der Waals surface area contributed by atoms with Crippen molar-refractivity contribution < 1.29 is 36.7 Å². The van der Waals surface area contributed by atoms with Crippen LogP contribution in [0.2, 0.25) is 5.02 Å². The average Bonchev–Trinajstić information content (AvgIpc) is 2.82. The highest BCUT2D eigenvalue weighted by atomic mass is 35.5. The molecule has 0 aliphatic rings. The van der Waals surface area contributed by atoms with Gasteiger partial charge in [0, 0.05) is 18.2 Å². The molecule has 186 valence electrons. The second-order valence-electron chi connectivity index (χ2n) is 7.29. The maximum Gasteiger partial charge on any atom is 0.417 e. The zero-order valence-electron chi connectivity index (χ0n) is 18.4. The molecule has 0 radical (unpaired) electrons. The fourth-order valence-corrected chi connectivity index (χ4v) is 3.54. The molecule has 7 nitrogen and oxygen atoms in total. The van der Waals surface area contributed by atoms with Crippen LogP contribution in [-0.2, 0) is 22.1 Å². The zero-order chi connectivity index (χ0) is 26.6. The minimum absolute atomic E-state index is 0.118. The second kappa shape index (κ2) is 10.6. The number of aromatic nitrogens is 1. The number of nitrogens with one attached hydrogen (secondary N) is 2. The zero-order valence-corrected chi connectivity index (χ0v) is 19.1. The van der Waals surface area contributed by atoms with Crippen LogP contribution in [0.5, 0.6) is 0 Å². The van der Waals surface area contributed by atoms with E-state index in [4.69, 9.17) is 17.0 Å². The highest BCUT2D eigenvalue weighted by molar-refractivity contribution is 6.34. The number of rotatable bonds is 7. The van der Waals surface area contributed by atoms with Gasteiger partial charge in [-0.25, -0.2) is 9.18 Å². The predicted octanol–water partition coefficient (Wildman–Crippen LogP) is 5.09. The first-order chi connectivity index (χ1) is 17.0.